The molecule has 1 saturated heterocycles. The molecule has 114 valence electrons. The fourth-order valence-corrected chi connectivity index (χ4v) is 3.00. The molecule has 21 heavy (non-hydrogen) atoms. The van der Waals surface area contributed by atoms with Gasteiger partial charge in [0.25, 0.3) is 0 Å². The van der Waals surface area contributed by atoms with Crippen LogP contribution < -0.4 is 14.8 Å². The van der Waals surface area contributed by atoms with Crippen LogP contribution in [-0.2, 0) is 6.54 Å². The third-order valence-electron chi connectivity index (χ3n) is 3.72. The summed E-state index contributed by atoms with van der Waals surface area (Å²) >= 11 is 6.25. The van der Waals surface area contributed by atoms with Gasteiger partial charge in [0.1, 0.15) is 13.2 Å². The second-order valence-electron chi connectivity index (χ2n) is 5.20. The third kappa shape index (κ3) is 3.18. The normalized spacial score (nSPS) is 18.0. The van der Waals surface area contributed by atoms with Crippen molar-refractivity contribution in [3.63, 3.8) is 0 Å². The van der Waals surface area contributed by atoms with Crippen molar-refractivity contribution in [1.29, 1.82) is 0 Å². The summed E-state index contributed by atoms with van der Waals surface area (Å²) in [5, 5.41) is 3.98. The number of likely N-dealkylation sites (tertiary alicyclic amines) is 1. The summed E-state index contributed by atoms with van der Waals surface area (Å²) in [4.78, 5) is 6.61. The zero-order chi connectivity index (χ0) is 14.7. The van der Waals surface area contributed by atoms with Crippen LogP contribution in [0, 0.1) is 0 Å². The van der Waals surface area contributed by atoms with E-state index in [4.69, 9.17) is 21.1 Å². The minimum atomic E-state index is 0.548. The molecule has 0 aromatic heterocycles. The SMILES string of the molecule is CN=C(NCc1cc(Cl)c2c(c1)OCCO2)N1CCCC1. The smallest absolute Gasteiger partial charge is 0.193 e. The van der Waals surface area contributed by atoms with Gasteiger partial charge in [-0.15, -0.1) is 0 Å². The van der Waals surface area contributed by atoms with Crippen LogP contribution in [0.15, 0.2) is 17.1 Å². The molecule has 1 aromatic carbocycles. The summed E-state index contributed by atoms with van der Waals surface area (Å²) in [6.45, 7) is 3.92. The van der Waals surface area contributed by atoms with E-state index in [-0.39, 0.29) is 0 Å². The molecule has 0 spiro atoms. The number of nitrogens with zero attached hydrogens (tertiary/aromatic N) is 2. The molecule has 2 aliphatic rings. The molecule has 1 N–H and O–H groups in total. The molecular formula is C15H20ClN3O2. The summed E-state index contributed by atoms with van der Waals surface area (Å²) < 4.78 is 11.1. The number of ether oxygens (including phenoxy) is 2. The van der Waals surface area contributed by atoms with Gasteiger partial charge in [-0.25, -0.2) is 0 Å². The lowest BCUT2D eigenvalue weighted by molar-refractivity contribution is 0.171. The van der Waals surface area contributed by atoms with Crippen LogP contribution in [0.25, 0.3) is 0 Å². The second kappa shape index (κ2) is 6.43. The Kier molecular flexibility index (Phi) is 4.39. The maximum Gasteiger partial charge on any atom is 0.193 e. The minimum Gasteiger partial charge on any atom is -0.486 e. The molecule has 0 amide bonds. The molecule has 1 aromatic rings. The molecule has 0 saturated carbocycles. The Hall–Kier alpha value is -1.62. The van der Waals surface area contributed by atoms with Gasteiger partial charge in [0.15, 0.2) is 17.5 Å². The molecule has 0 unspecified atom stereocenters. The van der Waals surface area contributed by atoms with E-state index in [1.165, 1.54) is 12.8 Å². The predicted octanol–water partition coefficient (Wildman–Crippen LogP) is 2.28. The van der Waals surface area contributed by atoms with Crippen LogP contribution in [0.4, 0.5) is 0 Å². The van der Waals surface area contributed by atoms with Gasteiger partial charge >= 0.3 is 0 Å². The van der Waals surface area contributed by atoms with Crippen molar-refractivity contribution in [2.24, 2.45) is 4.99 Å². The van der Waals surface area contributed by atoms with Gasteiger partial charge in [0.2, 0.25) is 0 Å². The number of rotatable bonds is 2. The Morgan fingerprint density at radius 3 is 2.81 bits per heavy atom. The first-order chi connectivity index (χ1) is 10.3. The van der Waals surface area contributed by atoms with E-state index in [2.05, 4.69) is 15.2 Å². The number of guanidine groups is 1. The number of hydrogen-bond donors (Lipinski definition) is 1. The number of benzene rings is 1. The highest BCUT2D eigenvalue weighted by Crippen LogP contribution is 2.38. The fraction of sp³-hybridized carbons (Fsp3) is 0.533. The molecule has 0 atom stereocenters. The van der Waals surface area contributed by atoms with E-state index < -0.39 is 0 Å². The maximum atomic E-state index is 6.25. The topological polar surface area (TPSA) is 46.1 Å². The van der Waals surface area contributed by atoms with Crippen molar-refractivity contribution in [3.8, 4) is 11.5 Å². The molecule has 3 rings (SSSR count). The number of hydrogen-bond acceptors (Lipinski definition) is 3. The van der Waals surface area contributed by atoms with E-state index >= 15 is 0 Å². The van der Waals surface area contributed by atoms with Gasteiger partial charge < -0.3 is 19.7 Å². The van der Waals surface area contributed by atoms with Crippen molar-refractivity contribution in [2.75, 3.05) is 33.4 Å². The summed E-state index contributed by atoms with van der Waals surface area (Å²) in [5.41, 5.74) is 1.06. The average Bonchev–Trinajstić information content (AvgIpc) is 3.02. The average molecular weight is 310 g/mol. The quantitative estimate of drug-likeness (QED) is 0.672. The summed E-state index contributed by atoms with van der Waals surface area (Å²) in [7, 11) is 1.82. The zero-order valence-corrected chi connectivity index (χ0v) is 12.9. The van der Waals surface area contributed by atoms with Crippen LogP contribution in [0.5, 0.6) is 11.5 Å². The number of aliphatic imine (C=N–C) groups is 1. The van der Waals surface area contributed by atoms with Crippen molar-refractivity contribution in [1.82, 2.24) is 10.2 Å². The third-order valence-corrected chi connectivity index (χ3v) is 4.01. The first-order valence-electron chi connectivity index (χ1n) is 7.31. The largest absolute Gasteiger partial charge is 0.486 e. The lowest BCUT2D eigenvalue weighted by Gasteiger charge is -2.22. The summed E-state index contributed by atoms with van der Waals surface area (Å²) in [6.07, 6.45) is 2.47. The van der Waals surface area contributed by atoms with Crippen molar-refractivity contribution < 1.29 is 9.47 Å². The van der Waals surface area contributed by atoms with Crippen LogP contribution in [0.2, 0.25) is 5.02 Å². The molecule has 5 nitrogen and oxygen atoms in total. The van der Waals surface area contributed by atoms with E-state index in [0.29, 0.717) is 30.5 Å². The van der Waals surface area contributed by atoms with Crippen LogP contribution in [-0.4, -0.2) is 44.2 Å². The van der Waals surface area contributed by atoms with Gasteiger partial charge in [-0.3, -0.25) is 4.99 Å². The van der Waals surface area contributed by atoms with E-state index in [9.17, 15) is 0 Å². The summed E-state index contributed by atoms with van der Waals surface area (Å²) in [6, 6.07) is 3.89. The number of halogens is 1. The van der Waals surface area contributed by atoms with Crippen LogP contribution in [0.1, 0.15) is 18.4 Å². The Labute approximate surface area is 129 Å². The highest BCUT2D eigenvalue weighted by molar-refractivity contribution is 6.32. The van der Waals surface area contributed by atoms with Gasteiger partial charge in [-0.1, -0.05) is 11.6 Å². The molecule has 0 aliphatic carbocycles. The number of nitrogens with one attached hydrogen (secondary N) is 1. The Morgan fingerprint density at radius 1 is 1.29 bits per heavy atom. The standard InChI is InChI=1S/C15H20ClN3O2/c1-17-15(19-4-2-3-5-19)18-10-11-8-12(16)14-13(9-11)20-6-7-21-14/h8-9H,2-7,10H2,1H3,(H,17,18). The first-order valence-corrected chi connectivity index (χ1v) is 7.69. The Balaban J connectivity index is 1.68. The van der Waals surface area contributed by atoms with E-state index in [1.54, 1.807) is 0 Å². The first kappa shape index (κ1) is 14.3. The van der Waals surface area contributed by atoms with Gasteiger partial charge in [0, 0.05) is 26.7 Å². The minimum absolute atomic E-state index is 0.548. The Morgan fingerprint density at radius 2 is 2.05 bits per heavy atom. The van der Waals surface area contributed by atoms with Gasteiger partial charge in [-0.05, 0) is 30.5 Å². The second-order valence-corrected chi connectivity index (χ2v) is 5.60. The Bertz CT molecular complexity index is 542. The summed E-state index contributed by atoms with van der Waals surface area (Å²) in [5.74, 6) is 2.32. The van der Waals surface area contributed by atoms with Crippen LogP contribution >= 0.6 is 11.6 Å². The highest BCUT2D eigenvalue weighted by atomic mass is 35.5. The van der Waals surface area contributed by atoms with E-state index in [0.717, 1.165) is 30.4 Å². The monoisotopic (exact) mass is 309 g/mol. The number of fused-ring (bicyclic) bond motifs is 1. The van der Waals surface area contributed by atoms with E-state index in [1.807, 2.05) is 19.2 Å². The maximum absolute atomic E-state index is 6.25. The fourth-order valence-electron chi connectivity index (χ4n) is 2.71. The lowest BCUT2D eigenvalue weighted by Crippen LogP contribution is -2.39. The molecule has 6 heteroatoms. The zero-order valence-electron chi connectivity index (χ0n) is 12.2. The molecule has 2 aliphatic heterocycles. The molecule has 0 radical (unpaired) electrons. The van der Waals surface area contributed by atoms with Crippen molar-refractivity contribution >= 4 is 17.6 Å². The molecule has 0 bridgehead atoms. The predicted molar refractivity (Wildman–Crippen MR) is 83.4 cm³/mol. The highest BCUT2D eigenvalue weighted by Gasteiger charge is 2.18. The van der Waals surface area contributed by atoms with Gasteiger partial charge in [-0.2, -0.15) is 0 Å². The van der Waals surface area contributed by atoms with Gasteiger partial charge in [0.05, 0.1) is 5.02 Å². The molecule has 2 heterocycles. The molecule has 1 fully saturated rings. The lowest BCUT2D eigenvalue weighted by atomic mass is 10.2. The molecular weight excluding hydrogens is 290 g/mol. The van der Waals surface area contributed by atoms with Crippen molar-refractivity contribution in [2.45, 2.75) is 19.4 Å². The van der Waals surface area contributed by atoms with Crippen molar-refractivity contribution in [3.05, 3.63) is 22.7 Å². The van der Waals surface area contributed by atoms with Crippen LogP contribution in [0.3, 0.4) is 0 Å².